The van der Waals surface area contributed by atoms with E-state index in [0.717, 1.165) is 202 Å². The Kier molecular flexibility index (Phi) is 29.6. The van der Waals surface area contributed by atoms with E-state index in [4.69, 9.17) is 1.37 Å². The van der Waals surface area contributed by atoms with Crippen LogP contribution >= 0.6 is 12.1 Å². The lowest BCUT2D eigenvalue weighted by Crippen LogP contribution is -2.56. The normalized spacial score (nSPS) is 43.3. The minimum atomic E-state index is -0.437. The van der Waals surface area contributed by atoms with Crippen LogP contribution in [0.2, 0.25) is 0 Å². The quantitative estimate of drug-likeness (QED) is 0.0724. The van der Waals surface area contributed by atoms with E-state index in [1.54, 1.807) is 18.6 Å². The molecule has 3 aromatic rings. The Morgan fingerprint density at radius 1 is 0.380 bits per heavy atom. The van der Waals surface area contributed by atoms with Gasteiger partial charge in [-0.1, -0.05) is 124 Å². The second-order valence-corrected chi connectivity index (χ2v) is 40.9. The molecule has 0 aliphatic heterocycles. The highest BCUT2D eigenvalue weighted by molar-refractivity contribution is 7.93. The lowest BCUT2D eigenvalue weighted by atomic mass is 9.43. The van der Waals surface area contributed by atoms with Crippen molar-refractivity contribution < 1.29 is 35.9 Å². The largest absolute Gasteiger partial charge is 0.390 e. The molecule has 12 fully saturated rings. The number of aromatic nitrogens is 3. The van der Waals surface area contributed by atoms with Crippen LogP contribution in [0.4, 0.5) is 3.89 Å². The molecule has 6 N–H and O–H groups in total. The first-order valence-corrected chi connectivity index (χ1v) is 45.2. The third kappa shape index (κ3) is 17.5. The van der Waals surface area contributed by atoms with Gasteiger partial charge in [0.25, 0.3) is 0 Å². The summed E-state index contributed by atoms with van der Waals surface area (Å²) in [7, 11) is 1.25. The van der Waals surface area contributed by atoms with Crippen molar-refractivity contribution in [2.45, 2.75) is 372 Å². The Bertz CT molecular complexity index is 2900. The van der Waals surface area contributed by atoms with Gasteiger partial charge in [-0.3, -0.25) is 15.0 Å². The average Bonchev–Trinajstić information content (AvgIpc) is 1.64. The Labute approximate surface area is 666 Å². The number of halogens is 1. The van der Waals surface area contributed by atoms with Gasteiger partial charge < -0.3 is 30.6 Å². The second kappa shape index (κ2) is 36.3. The van der Waals surface area contributed by atoms with Crippen molar-refractivity contribution in [3.8, 4) is 0 Å². The molecule has 9 nitrogen and oxygen atoms in total. The predicted octanol–water partition coefficient (Wildman–Crippen LogP) is 25.1. The van der Waals surface area contributed by atoms with E-state index in [1.807, 2.05) is 54.6 Å². The predicted molar refractivity (Wildman–Crippen MR) is 449 cm³/mol. The van der Waals surface area contributed by atoms with E-state index in [9.17, 15) is 34.5 Å². The van der Waals surface area contributed by atoms with E-state index in [0.29, 0.717) is 50.2 Å². The van der Waals surface area contributed by atoms with Crippen molar-refractivity contribution in [1.82, 2.24) is 15.0 Å². The maximum Gasteiger partial charge on any atom is 0.0959 e. The summed E-state index contributed by atoms with van der Waals surface area (Å²) in [5.41, 5.74) is 4.02. The fourth-order valence-corrected chi connectivity index (χ4v) is 29.9. The lowest BCUT2D eigenvalue weighted by Gasteiger charge is -2.62. The van der Waals surface area contributed by atoms with Gasteiger partial charge in [-0.2, -0.15) is 3.89 Å². The van der Waals surface area contributed by atoms with Crippen molar-refractivity contribution in [1.29, 1.82) is 0 Å². The number of pyridine rings is 3. The van der Waals surface area contributed by atoms with Crippen LogP contribution < -0.4 is 0 Å². The SMILES string of the molecule is C.C.CC[C@]1(O)CC[C@@]2(C)[C@@H](CC[C@@H]3[C@@H]2CC[C@]2(C)[C@@H]([C@H](C)CCC(O)c4ccccn4)CC[C@@H]32)C1.CC[C@]1(O)CC[C@@]2(C)[C@@H](CC[C@@H]3[C@@H]2CC[C@]2(C)[C@@H]([C@H](C)CC[C@@H](O)c4ccccn4)CC[C@@H]32)C1.CC[C@]1(O)CC[C@@]2(C)[C@@H](CC[C@@H]3[C@@H]2CC[C@]2(C)[C@@H]([C@H](C)CC[C@H](O)c4ccccn4)CC[C@@H]32)C1.CSF.[2H]C. The van der Waals surface area contributed by atoms with Crippen LogP contribution in [0.25, 0.3) is 0 Å². The summed E-state index contributed by atoms with van der Waals surface area (Å²) in [5.74, 6) is 14.4. The van der Waals surface area contributed by atoms with Crippen molar-refractivity contribution in [3.05, 3.63) is 90.3 Å². The number of hydrogen-bond donors (Lipinski definition) is 6. The molecule has 12 aliphatic carbocycles. The summed E-state index contributed by atoms with van der Waals surface area (Å²) in [6.07, 6.45) is 48.7. The molecule has 0 saturated heterocycles. The number of aliphatic hydroxyl groups excluding tert-OH is 3. The molecule has 0 radical (unpaired) electrons. The van der Waals surface area contributed by atoms with Gasteiger partial charge in [0.1, 0.15) is 0 Å². The van der Waals surface area contributed by atoms with Crippen molar-refractivity contribution in [3.63, 3.8) is 0 Å². The van der Waals surface area contributed by atoms with Gasteiger partial charge in [0.15, 0.2) is 0 Å². The molecule has 0 amide bonds. The Balaban J connectivity index is 0.000000181. The molecule has 12 saturated carbocycles. The van der Waals surface area contributed by atoms with Gasteiger partial charge >= 0.3 is 0 Å². The number of fused-ring (bicyclic) bond motifs is 15. The summed E-state index contributed by atoms with van der Waals surface area (Å²) >= 11 is 0.250. The van der Waals surface area contributed by atoms with Crippen LogP contribution in [0.15, 0.2) is 73.2 Å². The fourth-order valence-electron chi connectivity index (χ4n) is 29.9. The molecule has 3 heterocycles. The van der Waals surface area contributed by atoms with E-state index in [-0.39, 0.29) is 27.0 Å². The maximum atomic E-state index is 11.1. The molecule has 12 aliphatic rings. The number of hydrogen-bond acceptors (Lipinski definition) is 10. The molecule has 0 bridgehead atoms. The maximum absolute atomic E-state index is 11.1. The molecule has 15 rings (SSSR count). The van der Waals surface area contributed by atoms with Gasteiger partial charge in [0, 0.05) is 38.4 Å². The number of aliphatic hydroxyl groups is 6. The first-order chi connectivity index (χ1) is 51.0. The highest BCUT2D eigenvalue weighted by atomic mass is 32.2. The lowest BCUT2D eigenvalue weighted by molar-refractivity contribution is -0.152. The molecule has 11 heteroatoms. The van der Waals surface area contributed by atoms with E-state index in [2.05, 4.69) is 98.0 Å². The van der Waals surface area contributed by atoms with Gasteiger partial charge in [-0.25, -0.2) is 0 Å². The summed E-state index contributed by atoms with van der Waals surface area (Å²) in [6.45, 7) is 29.7. The van der Waals surface area contributed by atoms with Gasteiger partial charge in [0.05, 0.1) is 52.2 Å². The smallest absolute Gasteiger partial charge is 0.0959 e. The standard InChI is InChI=1S/3C31H49NO2.CH3FS.3CH4/c3*1-5-31(34)18-17-29(3)22(20-31)10-11-23-25-13-12-24(30(25,4)16-15-26(23)29)21(2)9-14-28(33)27-8-6-7-19-32-27;1-3-2;;;/h3*6-8,19,21-26,28,33-34H,5,9-18,20H2,1-4H3;1H3;3*1H4/t21-,22+,23+,24-,25+,26+,28?,29+,30-,31+;21-,22+,23+,24-,25+,26+,28+,29+,30-,31+;21-,22+,23+,24-,25+,26+,28-,29+,30-,31+;;;;/m111..../s1/i;;;;1D;;. The van der Waals surface area contributed by atoms with Crippen LogP contribution in [-0.2, 0) is 0 Å². The van der Waals surface area contributed by atoms with Crippen LogP contribution in [-0.4, -0.2) is 68.7 Å². The Morgan fingerprint density at radius 2 is 0.630 bits per heavy atom. The topological polar surface area (TPSA) is 160 Å². The molecule has 30 atom stereocenters. The van der Waals surface area contributed by atoms with Crippen molar-refractivity contribution in [2.75, 3.05) is 6.26 Å². The van der Waals surface area contributed by atoms with Crippen molar-refractivity contribution in [2.24, 2.45) is 139 Å². The highest BCUT2D eigenvalue weighted by Crippen LogP contribution is 2.73. The van der Waals surface area contributed by atoms with Gasteiger partial charge in [0.2, 0.25) is 0 Å². The van der Waals surface area contributed by atoms with E-state index < -0.39 is 35.1 Å². The highest BCUT2D eigenvalue weighted by Gasteiger charge is 2.65. The molecule has 3 aromatic heterocycles. The zero-order valence-corrected chi connectivity index (χ0v) is 70.1. The minimum absolute atomic E-state index is 0. The molecule has 108 heavy (non-hydrogen) atoms. The zero-order chi connectivity index (χ0) is 77.1. The zero-order valence-electron chi connectivity index (χ0n) is 70.3. The Morgan fingerprint density at radius 3 is 0.861 bits per heavy atom. The fraction of sp³-hybridized carbons (Fsp3) is 0.845. The first kappa shape index (κ1) is 87.9. The summed E-state index contributed by atoms with van der Waals surface area (Å²) in [5, 5.41) is 65.2. The van der Waals surface area contributed by atoms with E-state index >= 15 is 0 Å². The molecule has 0 spiro atoms. The number of rotatable bonds is 18. The van der Waals surface area contributed by atoms with E-state index in [1.165, 1.54) is 148 Å². The third-order valence-electron chi connectivity index (χ3n) is 36.5. The molecular weight excluding hydrogens is 1350 g/mol. The Hall–Kier alpha value is -2.51. The monoisotopic (exact) mass is 1520 g/mol. The third-order valence-corrected chi connectivity index (χ3v) is 36.5. The van der Waals surface area contributed by atoms with Crippen LogP contribution in [0.3, 0.4) is 0 Å². The first-order valence-electron chi connectivity index (χ1n) is 45.1. The molecule has 0 aromatic carbocycles. The molecule has 614 valence electrons. The summed E-state index contributed by atoms with van der Waals surface area (Å²) < 4.78 is 16.0. The average molecular weight is 1520 g/mol. The summed E-state index contributed by atoms with van der Waals surface area (Å²) in [4.78, 5) is 13.1. The molecular formula is C97H162FN3O6S. The summed E-state index contributed by atoms with van der Waals surface area (Å²) in [6, 6.07) is 17.5. The van der Waals surface area contributed by atoms with Crippen LogP contribution in [0.1, 0.15) is 373 Å². The van der Waals surface area contributed by atoms with Gasteiger partial charge in [-0.05, 0) is 407 Å². The minimum Gasteiger partial charge on any atom is -0.390 e. The number of nitrogens with zero attached hydrogens (tertiary/aromatic N) is 3. The van der Waals surface area contributed by atoms with Crippen LogP contribution in [0, 0.1) is 139 Å². The second-order valence-electron chi connectivity index (χ2n) is 40.6. The van der Waals surface area contributed by atoms with Crippen LogP contribution in [0.5, 0.6) is 0 Å². The molecule has 1 unspecified atom stereocenters. The van der Waals surface area contributed by atoms with Gasteiger partial charge in [-0.15, -0.1) is 0 Å². The van der Waals surface area contributed by atoms with Crippen molar-refractivity contribution >= 4 is 12.1 Å².